The Morgan fingerprint density at radius 3 is 2.67 bits per heavy atom. The zero-order valence-corrected chi connectivity index (χ0v) is 15.8. The van der Waals surface area contributed by atoms with Crippen LogP contribution in [-0.2, 0) is 4.79 Å². The summed E-state index contributed by atoms with van der Waals surface area (Å²) in [4.78, 5) is 18.6. The number of para-hydroxylation sites is 1. The summed E-state index contributed by atoms with van der Waals surface area (Å²) in [6, 6.07) is 13.2. The van der Waals surface area contributed by atoms with Gasteiger partial charge in [-0.25, -0.2) is 4.98 Å². The van der Waals surface area contributed by atoms with E-state index in [1.165, 1.54) is 0 Å². The molecule has 2 heterocycles. The highest BCUT2D eigenvalue weighted by Gasteiger charge is 2.18. The Balaban J connectivity index is 1.35. The molecule has 1 amide bonds. The number of ether oxygens (including phenoxy) is 2. The summed E-state index contributed by atoms with van der Waals surface area (Å²) in [6.45, 7) is 2.61. The molecular weight excluding hydrogens is 342 g/mol. The van der Waals surface area contributed by atoms with E-state index >= 15 is 0 Å². The van der Waals surface area contributed by atoms with E-state index in [0.29, 0.717) is 31.0 Å². The van der Waals surface area contributed by atoms with E-state index in [-0.39, 0.29) is 12.0 Å². The number of carbonyl (C=O) groups excluding carboxylic acids is 1. The van der Waals surface area contributed by atoms with Crippen LogP contribution in [0, 0.1) is 0 Å². The Hall–Kier alpha value is -2.60. The summed E-state index contributed by atoms with van der Waals surface area (Å²) >= 11 is 0. The van der Waals surface area contributed by atoms with Crippen LogP contribution in [0.3, 0.4) is 0 Å². The number of benzene rings is 1. The molecule has 0 bridgehead atoms. The van der Waals surface area contributed by atoms with E-state index in [0.717, 1.165) is 31.7 Å². The van der Waals surface area contributed by atoms with Crippen LogP contribution in [0.15, 0.2) is 48.7 Å². The van der Waals surface area contributed by atoms with Crippen molar-refractivity contribution in [3.63, 3.8) is 0 Å². The highest BCUT2D eigenvalue weighted by Crippen LogP contribution is 2.18. The number of nitrogens with one attached hydrogen (secondary N) is 1. The minimum Gasteiger partial charge on any atom is -0.494 e. The van der Waals surface area contributed by atoms with E-state index in [1.54, 1.807) is 6.20 Å². The molecule has 0 radical (unpaired) electrons. The lowest BCUT2D eigenvalue weighted by molar-refractivity contribution is -0.116. The monoisotopic (exact) mass is 369 g/mol. The normalized spacial score (nSPS) is 15.3. The van der Waals surface area contributed by atoms with Crippen molar-refractivity contribution >= 4 is 11.6 Å². The summed E-state index contributed by atoms with van der Waals surface area (Å²) in [5.41, 5.74) is 0.680. The predicted molar refractivity (Wildman–Crippen MR) is 105 cm³/mol. The minimum absolute atomic E-state index is 0.0440. The van der Waals surface area contributed by atoms with Crippen LogP contribution in [-0.4, -0.2) is 48.6 Å². The number of rotatable bonds is 8. The number of anilines is 1. The third kappa shape index (κ3) is 6.57. The number of hydrogen-bond acceptors (Lipinski definition) is 5. The van der Waals surface area contributed by atoms with Crippen LogP contribution in [0.5, 0.6) is 11.6 Å². The maximum Gasteiger partial charge on any atom is 0.224 e. The lowest BCUT2D eigenvalue weighted by atomic mass is 10.1. The molecular formula is C21H27N3O3. The first kappa shape index (κ1) is 19.2. The molecule has 2 aromatic rings. The highest BCUT2D eigenvalue weighted by molar-refractivity contribution is 5.90. The molecule has 0 aliphatic carbocycles. The lowest BCUT2D eigenvalue weighted by Gasteiger charge is -2.28. The smallest absolute Gasteiger partial charge is 0.224 e. The predicted octanol–water partition coefficient (Wildman–Crippen LogP) is 3.35. The van der Waals surface area contributed by atoms with Crippen LogP contribution in [0.4, 0.5) is 5.69 Å². The quantitative estimate of drug-likeness (QED) is 0.723. The second-order valence-corrected chi connectivity index (χ2v) is 6.82. The summed E-state index contributed by atoms with van der Waals surface area (Å²) in [7, 11) is 2.12. The van der Waals surface area contributed by atoms with Crippen molar-refractivity contribution in [2.24, 2.45) is 0 Å². The number of hydrogen-bond donors (Lipinski definition) is 1. The Morgan fingerprint density at radius 2 is 1.96 bits per heavy atom. The van der Waals surface area contributed by atoms with E-state index in [4.69, 9.17) is 9.47 Å². The van der Waals surface area contributed by atoms with Crippen molar-refractivity contribution in [2.45, 2.75) is 31.8 Å². The molecule has 1 fully saturated rings. The first-order chi connectivity index (χ1) is 13.2. The number of amides is 1. The number of carbonyl (C=O) groups is 1. The SMILES string of the molecule is CN1CCC(Oc2ccc(NC(=O)CCCOc3ccccc3)cn2)CC1. The van der Waals surface area contributed by atoms with Gasteiger partial charge in [-0.05, 0) is 44.5 Å². The van der Waals surface area contributed by atoms with E-state index in [2.05, 4.69) is 22.2 Å². The molecule has 1 aliphatic rings. The van der Waals surface area contributed by atoms with E-state index in [9.17, 15) is 4.79 Å². The van der Waals surface area contributed by atoms with Gasteiger partial charge >= 0.3 is 0 Å². The third-order valence-corrected chi connectivity index (χ3v) is 4.53. The van der Waals surface area contributed by atoms with Crippen molar-refractivity contribution in [3.05, 3.63) is 48.7 Å². The standard InChI is InChI=1S/C21H27N3O3/c1-24-13-11-19(12-14-24)27-21-10-9-17(16-22-21)23-20(25)8-5-15-26-18-6-3-2-4-7-18/h2-4,6-7,9-10,16,19H,5,8,11-15H2,1H3,(H,23,25). The molecule has 1 saturated heterocycles. The highest BCUT2D eigenvalue weighted by atomic mass is 16.5. The lowest BCUT2D eigenvalue weighted by Crippen LogP contribution is -2.35. The van der Waals surface area contributed by atoms with Crippen molar-refractivity contribution in [1.82, 2.24) is 9.88 Å². The summed E-state index contributed by atoms with van der Waals surface area (Å²) in [5, 5.41) is 2.86. The van der Waals surface area contributed by atoms with Crippen molar-refractivity contribution in [3.8, 4) is 11.6 Å². The largest absolute Gasteiger partial charge is 0.494 e. The number of piperidine rings is 1. The van der Waals surface area contributed by atoms with Gasteiger partial charge in [0.15, 0.2) is 0 Å². The molecule has 144 valence electrons. The van der Waals surface area contributed by atoms with Gasteiger partial charge in [0.25, 0.3) is 0 Å². The fraction of sp³-hybridized carbons (Fsp3) is 0.429. The molecule has 1 N–H and O–H groups in total. The van der Waals surface area contributed by atoms with Gasteiger partial charge in [-0.15, -0.1) is 0 Å². The Morgan fingerprint density at radius 1 is 1.19 bits per heavy atom. The maximum atomic E-state index is 12.0. The topological polar surface area (TPSA) is 63.7 Å². The second-order valence-electron chi connectivity index (χ2n) is 6.82. The van der Waals surface area contributed by atoms with Gasteiger partial charge in [0.2, 0.25) is 11.8 Å². The molecule has 3 rings (SSSR count). The molecule has 0 spiro atoms. The molecule has 27 heavy (non-hydrogen) atoms. The Kier molecular flexibility index (Phi) is 7.04. The van der Waals surface area contributed by atoms with Gasteiger partial charge in [-0.1, -0.05) is 18.2 Å². The number of nitrogens with zero attached hydrogens (tertiary/aromatic N) is 2. The van der Waals surface area contributed by atoms with Gasteiger partial charge in [-0.3, -0.25) is 4.79 Å². The first-order valence-corrected chi connectivity index (χ1v) is 9.48. The molecule has 6 heteroatoms. The number of likely N-dealkylation sites (tertiary alicyclic amines) is 1. The summed E-state index contributed by atoms with van der Waals surface area (Å²) < 4.78 is 11.5. The van der Waals surface area contributed by atoms with Gasteiger partial charge < -0.3 is 19.7 Å². The Bertz CT molecular complexity index is 698. The van der Waals surface area contributed by atoms with Crippen molar-refractivity contribution in [2.75, 3.05) is 32.1 Å². The second kappa shape index (κ2) is 9.92. The average Bonchev–Trinajstić information content (AvgIpc) is 2.69. The van der Waals surface area contributed by atoms with Gasteiger partial charge in [0.1, 0.15) is 11.9 Å². The average molecular weight is 369 g/mol. The zero-order valence-electron chi connectivity index (χ0n) is 15.8. The van der Waals surface area contributed by atoms with Crippen LogP contribution < -0.4 is 14.8 Å². The number of aromatic nitrogens is 1. The molecule has 0 saturated carbocycles. The summed E-state index contributed by atoms with van der Waals surface area (Å²) in [6.07, 6.45) is 4.96. The van der Waals surface area contributed by atoms with Crippen LogP contribution in [0.2, 0.25) is 0 Å². The van der Waals surface area contributed by atoms with E-state index < -0.39 is 0 Å². The molecule has 1 aliphatic heterocycles. The molecule has 1 aromatic carbocycles. The van der Waals surface area contributed by atoms with Gasteiger partial charge in [0, 0.05) is 25.6 Å². The maximum absolute atomic E-state index is 12.0. The molecule has 0 atom stereocenters. The van der Waals surface area contributed by atoms with Gasteiger partial charge in [-0.2, -0.15) is 0 Å². The fourth-order valence-corrected chi connectivity index (χ4v) is 2.96. The first-order valence-electron chi connectivity index (χ1n) is 9.48. The zero-order chi connectivity index (χ0) is 18.9. The molecule has 0 unspecified atom stereocenters. The molecule has 1 aromatic heterocycles. The minimum atomic E-state index is -0.0440. The van der Waals surface area contributed by atoms with Crippen LogP contribution in [0.25, 0.3) is 0 Å². The van der Waals surface area contributed by atoms with E-state index in [1.807, 2.05) is 42.5 Å². The Labute approximate surface area is 160 Å². The fourth-order valence-electron chi connectivity index (χ4n) is 2.96. The third-order valence-electron chi connectivity index (χ3n) is 4.53. The van der Waals surface area contributed by atoms with Crippen molar-refractivity contribution in [1.29, 1.82) is 0 Å². The number of pyridine rings is 1. The van der Waals surface area contributed by atoms with Gasteiger partial charge in [0.05, 0.1) is 18.5 Å². The summed E-state index contributed by atoms with van der Waals surface area (Å²) in [5.74, 6) is 1.39. The van der Waals surface area contributed by atoms with Crippen LogP contribution >= 0.6 is 0 Å². The molecule has 6 nitrogen and oxygen atoms in total. The van der Waals surface area contributed by atoms with Crippen LogP contribution in [0.1, 0.15) is 25.7 Å². The van der Waals surface area contributed by atoms with Crippen molar-refractivity contribution < 1.29 is 14.3 Å².